The number of rotatable bonds is 6. The molecule has 0 radical (unpaired) electrons. The molecule has 1 aliphatic rings. The minimum Gasteiger partial charge on any atom is -0.352 e. The summed E-state index contributed by atoms with van der Waals surface area (Å²) in [6.07, 6.45) is 1.94. The van der Waals surface area contributed by atoms with E-state index >= 15 is 0 Å². The molecule has 0 atom stereocenters. The van der Waals surface area contributed by atoms with Crippen LogP contribution in [0, 0.1) is 6.92 Å². The standard InChI is InChI=1S/C13H17ClN2O3S/c1-9-2-3-11(14)6-10(9)8-20(18,19)15-7-13(17)16-12-4-5-12/h2-3,6,12,15H,4-5,7-8H2,1H3,(H,16,17). The van der Waals surface area contributed by atoms with Crippen LogP contribution in [0.4, 0.5) is 0 Å². The van der Waals surface area contributed by atoms with Crippen molar-refractivity contribution in [3.63, 3.8) is 0 Å². The number of halogens is 1. The second-order valence-electron chi connectivity index (χ2n) is 4.99. The molecule has 5 nitrogen and oxygen atoms in total. The normalized spacial score (nSPS) is 15.1. The lowest BCUT2D eigenvalue weighted by molar-refractivity contribution is -0.120. The predicted octanol–water partition coefficient (Wildman–Crippen LogP) is 1.35. The Hall–Kier alpha value is -1.11. The summed E-state index contributed by atoms with van der Waals surface area (Å²) >= 11 is 5.86. The topological polar surface area (TPSA) is 75.3 Å². The second-order valence-corrected chi connectivity index (χ2v) is 7.24. The van der Waals surface area contributed by atoms with Crippen molar-refractivity contribution in [3.05, 3.63) is 34.3 Å². The van der Waals surface area contributed by atoms with Crippen molar-refractivity contribution in [1.29, 1.82) is 0 Å². The van der Waals surface area contributed by atoms with E-state index in [4.69, 9.17) is 11.6 Å². The van der Waals surface area contributed by atoms with Crippen LogP contribution in [0.3, 0.4) is 0 Å². The summed E-state index contributed by atoms with van der Waals surface area (Å²) in [6.45, 7) is 1.60. The van der Waals surface area contributed by atoms with Gasteiger partial charge in [0, 0.05) is 11.1 Å². The molecule has 2 rings (SSSR count). The van der Waals surface area contributed by atoms with Gasteiger partial charge in [-0.15, -0.1) is 0 Å². The molecule has 1 fully saturated rings. The van der Waals surface area contributed by atoms with Gasteiger partial charge in [0.25, 0.3) is 0 Å². The van der Waals surface area contributed by atoms with Gasteiger partial charge in [-0.2, -0.15) is 0 Å². The smallest absolute Gasteiger partial charge is 0.235 e. The van der Waals surface area contributed by atoms with E-state index < -0.39 is 10.0 Å². The molecule has 0 aromatic heterocycles. The van der Waals surface area contributed by atoms with Gasteiger partial charge >= 0.3 is 0 Å². The summed E-state index contributed by atoms with van der Waals surface area (Å²) in [6, 6.07) is 5.33. The first-order valence-electron chi connectivity index (χ1n) is 6.37. The van der Waals surface area contributed by atoms with Gasteiger partial charge in [-0.1, -0.05) is 17.7 Å². The highest BCUT2D eigenvalue weighted by Gasteiger charge is 2.23. The molecular weight excluding hydrogens is 300 g/mol. The lowest BCUT2D eigenvalue weighted by atomic mass is 10.1. The first-order valence-corrected chi connectivity index (χ1v) is 8.40. The van der Waals surface area contributed by atoms with Gasteiger partial charge in [0.05, 0.1) is 12.3 Å². The molecule has 1 saturated carbocycles. The molecule has 7 heteroatoms. The van der Waals surface area contributed by atoms with Crippen LogP contribution in [0.25, 0.3) is 0 Å². The molecule has 20 heavy (non-hydrogen) atoms. The number of aryl methyl sites for hydroxylation is 1. The molecule has 0 saturated heterocycles. The Morgan fingerprint density at radius 3 is 2.75 bits per heavy atom. The third kappa shape index (κ3) is 4.77. The Morgan fingerprint density at radius 2 is 2.10 bits per heavy atom. The molecule has 0 aliphatic heterocycles. The monoisotopic (exact) mass is 316 g/mol. The van der Waals surface area contributed by atoms with E-state index in [0.29, 0.717) is 10.6 Å². The van der Waals surface area contributed by atoms with Crippen LogP contribution >= 0.6 is 11.6 Å². The van der Waals surface area contributed by atoms with Crippen molar-refractivity contribution >= 4 is 27.5 Å². The van der Waals surface area contributed by atoms with Gasteiger partial charge in [0.2, 0.25) is 15.9 Å². The summed E-state index contributed by atoms with van der Waals surface area (Å²) in [5, 5.41) is 3.22. The minimum atomic E-state index is -3.55. The van der Waals surface area contributed by atoms with Crippen LogP contribution in [-0.4, -0.2) is 26.9 Å². The average Bonchev–Trinajstić information content (AvgIpc) is 3.15. The van der Waals surface area contributed by atoms with E-state index in [1.54, 1.807) is 18.2 Å². The number of benzene rings is 1. The van der Waals surface area contributed by atoms with Crippen LogP contribution < -0.4 is 10.0 Å². The second kappa shape index (κ2) is 6.11. The third-order valence-corrected chi connectivity index (χ3v) is 4.56. The molecule has 1 aromatic rings. The summed E-state index contributed by atoms with van der Waals surface area (Å²) < 4.78 is 26.2. The summed E-state index contributed by atoms with van der Waals surface area (Å²) in [7, 11) is -3.55. The number of hydrogen-bond donors (Lipinski definition) is 2. The molecule has 1 amide bonds. The number of carbonyl (C=O) groups is 1. The molecule has 110 valence electrons. The Bertz CT molecular complexity index is 612. The maximum atomic E-state index is 11.9. The zero-order valence-electron chi connectivity index (χ0n) is 11.1. The van der Waals surface area contributed by atoms with Crippen molar-refractivity contribution in [2.24, 2.45) is 0 Å². The molecule has 2 N–H and O–H groups in total. The van der Waals surface area contributed by atoms with Gasteiger partial charge in [-0.3, -0.25) is 4.79 Å². The van der Waals surface area contributed by atoms with E-state index in [9.17, 15) is 13.2 Å². The molecule has 0 bridgehead atoms. The Morgan fingerprint density at radius 1 is 1.40 bits per heavy atom. The number of nitrogens with one attached hydrogen (secondary N) is 2. The number of carbonyl (C=O) groups excluding carboxylic acids is 1. The highest BCUT2D eigenvalue weighted by molar-refractivity contribution is 7.88. The van der Waals surface area contributed by atoms with Crippen LogP contribution in [0.1, 0.15) is 24.0 Å². The maximum Gasteiger partial charge on any atom is 0.235 e. The van der Waals surface area contributed by atoms with Crippen molar-refractivity contribution in [2.45, 2.75) is 31.6 Å². The largest absolute Gasteiger partial charge is 0.352 e. The van der Waals surface area contributed by atoms with Gasteiger partial charge in [0.1, 0.15) is 0 Å². The maximum absolute atomic E-state index is 11.9. The molecule has 1 aromatic carbocycles. The number of sulfonamides is 1. The summed E-state index contributed by atoms with van der Waals surface area (Å²) in [5.41, 5.74) is 1.48. The fraction of sp³-hybridized carbons (Fsp3) is 0.462. The predicted molar refractivity (Wildman–Crippen MR) is 78.0 cm³/mol. The first kappa shape index (κ1) is 15.3. The van der Waals surface area contributed by atoms with Crippen LogP contribution in [0.2, 0.25) is 5.02 Å². The van der Waals surface area contributed by atoms with Crippen LogP contribution in [0.15, 0.2) is 18.2 Å². The average molecular weight is 317 g/mol. The lowest BCUT2D eigenvalue weighted by Crippen LogP contribution is -2.38. The van der Waals surface area contributed by atoms with Crippen LogP contribution in [-0.2, 0) is 20.6 Å². The van der Waals surface area contributed by atoms with Gasteiger partial charge in [-0.25, -0.2) is 13.1 Å². The summed E-state index contributed by atoms with van der Waals surface area (Å²) in [5.74, 6) is -0.477. The number of amides is 1. The van der Waals surface area contributed by atoms with Crippen molar-refractivity contribution < 1.29 is 13.2 Å². The molecule has 0 spiro atoms. The van der Waals surface area contributed by atoms with E-state index in [2.05, 4.69) is 10.0 Å². The van der Waals surface area contributed by atoms with Crippen molar-refractivity contribution in [3.8, 4) is 0 Å². The quantitative estimate of drug-likeness (QED) is 0.832. The van der Waals surface area contributed by atoms with Gasteiger partial charge in [0.15, 0.2) is 0 Å². The Labute approximate surface area is 123 Å². The Kier molecular flexibility index (Phi) is 4.67. The first-order chi connectivity index (χ1) is 9.35. The van der Waals surface area contributed by atoms with E-state index in [1.165, 1.54) is 0 Å². The minimum absolute atomic E-state index is 0.184. The lowest BCUT2D eigenvalue weighted by Gasteiger charge is -2.09. The van der Waals surface area contributed by atoms with Crippen molar-refractivity contribution in [2.75, 3.05) is 6.54 Å². The highest BCUT2D eigenvalue weighted by atomic mass is 35.5. The van der Waals surface area contributed by atoms with E-state index in [0.717, 1.165) is 18.4 Å². The highest BCUT2D eigenvalue weighted by Crippen LogP contribution is 2.18. The van der Waals surface area contributed by atoms with E-state index in [-0.39, 0.29) is 24.2 Å². The SMILES string of the molecule is Cc1ccc(Cl)cc1CS(=O)(=O)NCC(=O)NC1CC1. The van der Waals surface area contributed by atoms with Crippen LogP contribution in [0.5, 0.6) is 0 Å². The third-order valence-electron chi connectivity index (χ3n) is 3.05. The van der Waals surface area contributed by atoms with Gasteiger partial charge < -0.3 is 5.32 Å². The van der Waals surface area contributed by atoms with Crippen molar-refractivity contribution in [1.82, 2.24) is 10.0 Å². The molecule has 1 aliphatic carbocycles. The Balaban J connectivity index is 1.92. The van der Waals surface area contributed by atoms with E-state index in [1.807, 2.05) is 6.92 Å². The molecular formula is C13H17ClN2O3S. The fourth-order valence-corrected chi connectivity index (χ4v) is 3.10. The zero-order chi connectivity index (χ0) is 14.8. The number of hydrogen-bond acceptors (Lipinski definition) is 3. The fourth-order valence-electron chi connectivity index (χ4n) is 1.73. The summed E-state index contributed by atoms with van der Waals surface area (Å²) in [4.78, 5) is 11.5. The molecule has 0 heterocycles. The zero-order valence-corrected chi connectivity index (χ0v) is 12.7. The van der Waals surface area contributed by atoms with Gasteiger partial charge in [-0.05, 0) is 43.0 Å². The molecule has 0 unspecified atom stereocenters.